The number of guanidine groups is 1. The van der Waals surface area contributed by atoms with E-state index in [1.54, 1.807) is 0 Å². The molecule has 0 aromatic carbocycles. The lowest BCUT2D eigenvalue weighted by molar-refractivity contribution is -1.00. The van der Waals surface area contributed by atoms with Crippen LogP contribution in [-0.2, 0) is 4.79 Å². The van der Waals surface area contributed by atoms with E-state index in [9.17, 15) is 4.79 Å². The largest absolute Gasteiger partial charge is 0.370 e. The van der Waals surface area contributed by atoms with E-state index in [0.29, 0.717) is 19.6 Å². The summed E-state index contributed by atoms with van der Waals surface area (Å²) >= 11 is 0. The highest BCUT2D eigenvalue weighted by Crippen LogP contribution is 2.12. The molecule has 0 bridgehead atoms. The fraction of sp³-hybridized carbons (Fsp3) is 0.833. The summed E-state index contributed by atoms with van der Waals surface area (Å²) in [4.78, 5) is 15.7. The number of likely N-dealkylation sites (N-methyl/N-ethyl adjacent to an activating group) is 2. The van der Waals surface area contributed by atoms with Gasteiger partial charge in [0.05, 0.1) is 27.7 Å². The molecule has 1 saturated heterocycles. The maximum absolute atomic E-state index is 11.9. The molecule has 0 aromatic heterocycles. The highest BCUT2D eigenvalue weighted by molar-refractivity contribution is 5.77. The van der Waals surface area contributed by atoms with Crippen LogP contribution < -0.4 is 16.8 Å². The molecule has 0 spiro atoms. The van der Waals surface area contributed by atoms with Crippen LogP contribution in [0.3, 0.4) is 0 Å². The Kier molecular flexibility index (Phi) is 5.13. The second-order valence-corrected chi connectivity index (χ2v) is 6.26. The number of nitrogens with zero attached hydrogens (tertiary/aromatic N) is 3. The standard InChI is InChI=1S/C12H27N6O/c1-17(2)6-8-18(3,9-7-17)10-11(19)15-4-5-16-12(13)14/h4-10H2,1-3H3,(H4-,13,14,15,16,19)/q+1/p+1. The minimum atomic E-state index is 0.0595. The molecule has 7 heteroatoms. The number of quaternary nitrogens is 2. The van der Waals surface area contributed by atoms with Crippen molar-refractivity contribution in [1.29, 1.82) is 0 Å². The van der Waals surface area contributed by atoms with Crippen LogP contribution in [0.1, 0.15) is 0 Å². The molecule has 5 N–H and O–H groups in total. The predicted octanol–water partition coefficient (Wildman–Crippen LogP) is -2.09. The van der Waals surface area contributed by atoms with Gasteiger partial charge in [0, 0.05) is 6.54 Å². The van der Waals surface area contributed by atoms with Gasteiger partial charge in [0.2, 0.25) is 0 Å². The summed E-state index contributed by atoms with van der Waals surface area (Å²) in [5.74, 6) is 0.129. The first-order valence-corrected chi connectivity index (χ1v) is 6.70. The lowest BCUT2D eigenvalue weighted by atomic mass is 10.2. The number of amides is 1. The van der Waals surface area contributed by atoms with Crippen molar-refractivity contribution in [3.63, 3.8) is 0 Å². The van der Waals surface area contributed by atoms with E-state index in [-0.39, 0.29) is 11.9 Å². The number of carbonyl (C=O) groups is 1. The molecule has 0 unspecified atom stereocenters. The molecule has 19 heavy (non-hydrogen) atoms. The van der Waals surface area contributed by atoms with Gasteiger partial charge < -0.3 is 25.8 Å². The van der Waals surface area contributed by atoms with E-state index in [0.717, 1.165) is 35.1 Å². The molecule has 0 atom stereocenters. The van der Waals surface area contributed by atoms with Crippen LogP contribution >= 0.6 is 0 Å². The van der Waals surface area contributed by atoms with Crippen LogP contribution in [0.25, 0.3) is 0 Å². The van der Waals surface area contributed by atoms with Crippen molar-refractivity contribution in [2.75, 3.05) is 67.0 Å². The Hall–Kier alpha value is -1.34. The monoisotopic (exact) mass is 272 g/mol. The third kappa shape index (κ3) is 5.89. The zero-order valence-electron chi connectivity index (χ0n) is 12.4. The number of rotatable bonds is 5. The smallest absolute Gasteiger partial charge is 0.275 e. The average Bonchev–Trinajstić information content (AvgIpc) is 2.29. The summed E-state index contributed by atoms with van der Waals surface area (Å²) in [5.41, 5.74) is 10.4. The van der Waals surface area contributed by atoms with Crippen LogP contribution in [0.4, 0.5) is 0 Å². The highest BCUT2D eigenvalue weighted by Gasteiger charge is 2.35. The predicted molar refractivity (Wildman–Crippen MR) is 76.3 cm³/mol. The summed E-state index contributed by atoms with van der Waals surface area (Å²) in [5, 5.41) is 2.85. The number of carbonyl (C=O) groups excluding carboxylic acids is 1. The summed E-state index contributed by atoms with van der Waals surface area (Å²) in [6.07, 6.45) is 0. The molecule has 7 nitrogen and oxygen atoms in total. The Morgan fingerprint density at radius 3 is 2.26 bits per heavy atom. The van der Waals surface area contributed by atoms with Gasteiger partial charge in [-0.2, -0.15) is 0 Å². The van der Waals surface area contributed by atoms with Crippen LogP contribution in [0.5, 0.6) is 0 Å². The van der Waals surface area contributed by atoms with E-state index in [4.69, 9.17) is 11.5 Å². The summed E-state index contributed by atoms with van der Waals surface area (Å²) in [7, 11) is 6.62. The summed E-state index contributed by atoms with van der Waals surface area (Å²) in [6, 6.07) is 0. The van der Waals surface area contributed by atoms with Gasteiger partial charge in [-0.25, -0.2) is 0 Å². The first kappa shape index (κ1) is 15.7. The fourth-order valence-corrected chi connectivity index (χ4v) is 2.19. The zero-order chi connectivity index (χ0) is 14.5. The minimum Gasteiger partial charge on any atom is -0.370 e. The Morgan fingerprint density at radius 2 is 1.74 bits per heavy atom. The Labute approximate surface area is 115 Å². The number of nitrogens with one attached hydrogen (secondary N) is 1. The maximum Gasteiger partial charge on any atom is 0.275 e. The number of aliphatic imine (C=N–C) groups is 1. The SMILES string of the molecule is C[N+]1(C)CC[N+](C)(CC(=O)NCCN=C(N)N)CC1. The topological polar surface area (TPSA) is 93.5 Å². The lowest BCUT2D eigenvalue weighted by Crippen LogP contribution is -2.64. The number of hydrogen-bond acceptors (Lipinski definition) is 2. The Balaban J connectivity index is 2.30. The molecule has 1 heterocycles. The van der Waals surface area contributed by atoms with Gasteiger partial charge in [0.25, 0.3) is 5.91 Å². The molecule has 0 saturated carbocycles. The molecule has 1 aliphatic rings. The van der Waals surface area contributed by atoms with Crippen LogP contribution in [-0.4, -0.2) is 87.8 Å². The van der Waals surface area contributed by atoms with E-state index in [2.05, 4.69) is 31.5 Å². The second-order valence-electron chi connectivity index (χ2n) is 6.26. The molecule has 1 aliphatic heterocycles. The van der Waals surface area contributed by atoms with Gasteiger partial charge in [-0.3, -0.25) is 9.79 Å². The van der Waals surface area contributed by atoms with Crippen LogP contribution in [0, 0.1) is 0 Å². The van der Waals surface area contributed by atoms with E-state index < -0.39 is 0 Å². The Bertz CT molecular complexity index is 338. The molecular weight excluding hydrogens is 244 g/mol. The van der Waals surface area contributed by atoms with Crippen molar-refractivity contribution in [1.82, 2.24) is 5.32 Å². The van der Waals surface area contributed by atoms with Crippen molar-refractivity contribution in [3.8, 4) is 0 Å². The molecule has 110 valence electrons. The van der Waals surface area contributed by atoms with Gasteiger partial charge in [0.1, 0.15) is 26.2 Å². The second kappa shape index (κ2) is 6.21. The lowest BCUT2D eigenvalue weighted by Gasteiger charge is -2.44. The molecule has 1 fully saturated rings. The normalized spacial score (nSPS) is 20.6. The molecule has 0 radical (unpaired) electrons. The average molecular weight is 272 g/mol. The maximum atomic E-state index is 11.9. The van der Waals surface area contributed by atoms with E-state index in [1.165, 1.54) is 0 Å². The molecule has 1 rings (SSSR count). The van der Waals surface area contributed by atoms with Crippen molar-refractivity contribution < 1.29 is 13.8 Å². The summed E-state index contributed by atoms with van der Waals surface area (Å²) in [6.45, 7) is 5.74. The van der Waals surface area contributed by atoms with E-state index >= 15 is 0 Å². The van der Waals surface area contributed by atoms with Crippen LogP contribution in [0.15, 0.2) is 4.99 Å². The van der Waals surface area contributed by atoms with Crippen LogP contribution in [0.2, 0.25) is 0 Å². The third-order valence-electron chi connectivity index (χ3n) is 3.74. The van der Waals surface area contributed by atoms with Gasteiger partial charge >= 0.3 is 0 Å². The highest BCUT2D eigenvalue weighted by atomic mass is 16.2. The van der Waals surface area contributed by atoms with Gasteiger partial charge in [-0.05, 0) is 0 Å². The molecule has 0 aliphatic carbocycles. The number of hydrogen-bond donors (Lipinski definition) is 3. The van der Waals surface area contributed by atoms with E-state index in [1.807, 2.05) is 0 Å². The summed E-state index contributed by atoms with van der Waals surface area (Å²) < 4.78 is 1.86. The zero-order valence-corrected chi connectivity index (χ0v) is 12.4. The minimum absolute atomic E-state index is 0.0595. The van der Waals surface area contributed by atoms with Gasteiger partial charge in [0.15, 0.2) is 12.5 Å². The van der Waals surface area contributed by atoms with Crippen molar-refractivity contribution in [2.45, 2.75) is 0 Å². The number of piperazine rings is 1. The molecular formula is C12H28N6O+2. The molecule has 0 aromatic rings. The van der Waals surface area contributed by atoms with Crippen molar-refractivity contribution >= 4 is 11.9 Å². The van der Waals surface area contributed by atoms with Crippen molar-refractivity contribution in [3.05, 3.63) is 0 Å². The third-order valence-corrected chi connectivity index (χ3v) is 3.74. The first-order valence-electron chi connectivity index (χ1n) is 6.70. The fourth-order valence-electron chi connectivity index (χ4n) is 2.19. The van der Waals surface area contributed by atoms with Gasteiger partial charge in [-0.1, -0.05) is 0 Å². The molecule has 1 amide bonds. The van der Waals surface area contributed by atoms with Crippen molar-refractivity contribution in [2.24, 2.45) is 16.5 Å². The number of nitrogens with two attached hydrogens (primary N) is 2. The van der Waals surface area contributed by atoms with Gasteiger partial charge in [-0.15, -0.1) is 0 Å². The quantitative estimate of drug-likeness (QED) is 0.232. The first-order chi connectivity index (χ1) is 8.72. The Morgan fingerprint density at radius 1 is 1.16 bits per heavy atom.